The summed E-state index contributed by atoms with van der Waals surface area (Å²) in [4.78, 5) is 11.1. The average Bonchev–Trinajstić information content (AvgIpc) is 2.86. The second-order valence-corrected chi connectivity index (χ2v) is 5.06. The van der Waals surface area contributed by atoms with E-state index in [2.05, 4.69) is 0 Å². The van der Waals surface area contributed by atoms with Gasteiger partial charge < -0.3 is 24.1 Å². The third-order valence-electron chi connectivity index (χ3n) is 3.19. The summed E-state index contributed by atoms with van der Waals surface area (Å²) in [6, 6.07) is 8.71. The maximum Gasteiger partial charge on any atom is 0.335 e. The summed E-state index contributed by atoms with van der Waals surface area (Å²) in [5.74, 6) is -0.452. The van der Waals surface area contributed by atoms with Gasteiger partial charge in [-0.25, -0.2) is 4.79 Å². The number of carboxylic acids is 1. The van der Waals surface area contributed by atoms with Crippen molar-refractivity contribution in [3.05, 3.63) is 47.0 Å². The molecular formula is C16H11ClO6. The van der Waals surface area contributed by atoms with Crippen LogP contribution in [0.3, 0.4) is 0 Å². The van der Waals surface area contributed by atoms with Crippen molar-refractivity contribution < 1.29 is 28.9 Å². The first-order chi connectivity index (χ1) is 11.0. The van der Waals surface area contributed by atoms with E-state index >= 15 is 0 Å². The van der Waals surface area contributed by atoms with Gasteiger partial charge in [-0.1, -0.05) is 11.6 Å². The number of ether oxygens (including phenoxy) is 2. The van der Waals surface area contributed by atoms with Crippen LogP contribution in [0.4, 0.5) is 0 Å². The maximum atomic E-state index is 11.1. The molecule has 0 amide bonds. The van der Waals surface area contributed by atoms with Gasteiger partial charge in [-0.15, -0.1) is 0 Å². The van der Waals surface area contributed by atoms with Gasteiger partial charge in [-0.05, 0) is 30.3 Å². The van der Waals surface area contributed by atoms with E-state index in [0.29, 0.717) is 16.7 Å². The van der Waals surface area contributed by atoms with Crippen LogP contribution in [0.15, 0.2) is 40.8 Å². The first-order valence-corrected chi connectivity index (χ1v) is 6.87. The number of aromatic carboxylic acids is 1. The number of hydrogen-bond donors (Lipinski definition) is 2. The summed E-state index contributed by atoms with van der Waals surface area (Å²) in [6.07, 6.45) is 0. The Balaban J connectivity index is 2.06. The van der Waals surface area contributed by atoms with Crippen LogP contribution in [-0.2, 0) is 0 Å². The number of hydrogen-bond acceptors (Lipinski definition) is 5. The molecule has 0 bridgehead atoms. The van der Waals surface area contributed by atoms with Gasteiger partial charge in [0.15, 0.2) is 0 Å². The molecule has 7 heteroatoms. The zero-order valence-corrected chi connectivity index (χ0v) is 12.6. The fraction of sp³-hybridized carbons (Fsp3) is 0.0625. The molecule has 0 atom stereocenters. The van der Waals surface area contributed by atoms with Gasteiger partial charge in [0.1, 0.15) is 17.1 Å². The third-order valence-corrected chi connectivity index (χ3v) is 3.50. The SMILES string of the molecule is COc1c(Oc2ccc(O)c(Cl)c2)oc2ccc(C(=O)O)cc12. The molecule has 0 aliphatic carbocycles. The molecular weight excluding hydrogens is 324 g/mol. The van der Waals surface area contributed by atoms with Crippen LogP contribution in [0.5, 0.6) is 23.2 Å². The van der Waals surface area contributed by atoms with Crippen molar-refractivity contribution in [1.82, 2.24) is 0 Å². The van der Waals surface area contributed by atoms with Gasteiger partial charge >= 0.3 is 11.9 Å². The number of halogens is 1. The Morgan fingerprint density at radius 2 is 2.00 bits per heavy atom. The number of furan rings is 1. The van der Waals surface area contributed by atoms with E-state index in [1.165, 1.54) is 43.5 Å². The minimum atomic E-state index is -1.05. The molecule has 1 heterocycles. The van der Waals surface area contributed by atoms with Gasteiger partial charge in [0.05, 0.1) is 23.1 Å². The fourth-order valence-electron chi connectivity index (χ4n) is 2.10. The molecule has 3 rings (SSSR count). The number of fused-ring (bicyclic) bond motifs is 1. The lowest BCUT2D eigenvalue weighted by molar-refractivity contribution is 0.0697. The largest absolute Gasteiger partial charge is 0.506 e. The highest BCUT2D eigenvalue weighted by atomic mass is 35.5. The summed E-state index contributed by atoms with van der Waals surface area (Å²) in [5, 5.41) is 19.1. The molecule has 118 valence electrons. The zero-order chi connectivity index (χ0) is 16.6. The lowest BCUT2D eigenvalue weighted by Gasteiger charge is -2.05. The molecule has 0 spiro atoms. The number of benzene rings is 2. The molecule has 0 fully saturated rings. The molecule has 0 radical (unpaired) electrons. The van der Waals surface area contributed by atoms with E-state index in [9.17, 15) is 9.90 Å². The maximum absolute atomic E-state index is 11.1. The Bertz CT molecular complexity index is 899. The van der Waals surface area contributed by atoms with Crippen molar-refractivity contribution in [1.29, 1.82) is 0 Å². The summed E-state index contributed by atoms with van der Waals surface area (Å²) in [7, 11) is 1.42. The lowest BCUT2D eigenvalue weighted by Crippen LogP contribution is -1.95. The van der Waals surface area contributed by atoms with Crippen LogP contribution < -0.4 is 9.47 Å². The monoisotopic (exact) mass is 334 g/mol. The van der Waals surface area contributed by atoms with Crippen LogP contribution in [0.2, 0.25) is 5.02 Å². The quantitative estimate of drug-likeness (QED) is 0.739. The predicted octanol–water partition coefficient (Wildman–Crippen LogP) is 4.29. The van der Waals surface area contributed by atoms with Crippen molar-refractivity contribution in [2.75, 3.05) is 7.11 Å². The summed E-state index contributed by atoms with van der Waals surface area (Å²) in [6.45, 7) is 0. The Morgan fingerprint density at radius 1 is 1.22 bits per heavy atom. The number of carbonyl (C=O) groups is 1. The van der Waals surface area contributed by atoms with Gasteiger partial charge in [0.2, 0.25) is 5.75 Å². The molecule has 0 unspecified atom stereocenters. The number of carboxylic acid groups (broad SMARTS) is 1. The zero-order valence-electron chi connectivity index (χ0n) is 11.9. The number of rotatable bonds is 4. The van der Waals surface area contributed by atoms with Crippen LogP contribution >= 0.6 is 11.6 Å². The van der Waals surface area contributed by atoms with E-state index < -0.39 is 5.97 Å². The third kappa shape index (κ3) is 2.76. The first kappa shape index (κ1) is 15.1. The Morgan fingerprint density at radius 3 is 2.65 bits per heavy atom. The van der Waals surface area contributed by atoms with E-state index in [1.54, 1.807) is 0 Å². The topological polar surface area (TPSA) is 89.1 Å². The smallest absolute Gasteiger partial charge is 0.335 e. The number of phenolic OH excluding ortho intramolecular Hbond substituents is 1. The number of aromatic hydroxyl groups is 1. The molecule has 0 saturated heterocycles. The standard InChI is InChI=1S/C16H11ClO6/c1-21-14-10-6-8(15(19)20)2-5-13(10)23-16(14)22-9-3-4-12(18)11(17)7-9/h2-7,18H,1H3,(H,19,20). The van der Waals surface area contributed by atoms with Crippen LogP contribution in [0.1, 0.15) is 10.4 Å². The molecule has 0 aliphatic rings. The molecule has 2 aromatic carbocycles. The van der Waals surface area contributed by atoms with E-state index in [1.807, 2.05) is 0 Å². The van der Waals surface area contributed by atoms with Crippen LogP contribution in [0.25, 0.3) is 11.0 Å². The van der Waals surface area contributed by atoms with Crippen molar-refractivity contribution in [2.24, 2.45) is 0 Å². The summed E-state index contributed by atoms with van der Waals surface area (Å²) in [5.41, 5.74) is 0.530. The van der Waals surface area contributed by atoms with Gasteiger partial charge in [0, 0.05) is 6.07 Å². The molecule has 0 saturated carbocycles. The van der Waals surface area contributed by atoms with E-state index in [0.717, 1.165) is 0 Å². The van der Waals surface area contributed by atoms with Crippen molar-refractivity contribution in [2.45, 2.75) is 0 Å². The van der Waals surface area contributed by atoms with Gasteiger partial charge in [-0.3, -0.25) is 0 Å². The molecule has 6 nitrogen and oxygen atoms in total. The van der Waals surface area contributed by atoms with E-state index in [-0.39, 0.29) is 28.0 Å². The van der Waals surface area contributed by atoms with Crippen LogP contribution in [-0.4, -0.2) is 23.3 Å². The second-order valence-electron chi connectivity index (χ2n) is 4.65. The Labute approximate surface area is 135 Å². The Hall–Kier alpha value is -2.86. The lowest BCUT2D eigenvalue weighted by atomic mass is 10.1. The average molecular weight is 335 g/mol. The highest BCUT2D eigenvalue weighted by molar-refractivity contribution is 6.32. The predicted molar refractivity (Wildman–Crippen MR) is 82.9 cm³/mol. The fourth-order valence-corrected chi connectivity index (χ4v) is 2.27. The van der Waals surface area contributed by atoms with Crippen molar-refractivity contribution in [3.63, 3.8) is 0 Å². The van der Waals surface area contributed by atoms with Crippen LogP contribution in [0, 0.1) is 0 Å². The minimum Gasteiger partial charge on any atom is -0.506 e. The second kappa shape index (κ2) is 5.73. The molecule has 23 heavy (non-hydrogen) atoms. The summed E-state index contributed by atoms with van der Waals surface area (Å²) >= 11 is 5.83. The Kier molecular flexibility index (Phi) is 3.75. The molecule has 1 aromatic heterocycles. The normalized spacial score (nSPS) is 10.7. The van der Waals surface area contributed by atoms with Crippen molar-refractivity contribution >= 4 is 28.5 Å². The summed E-state index contributed by atoms with van der Waals surface area (Å²) < 4.78 is 16.4. The number of methoxy groups -OCH3 is 1. The molecule has 0 aliphatic heterocycles. The molecule has 3 aromatic rings. The minimum absolute atomic E-state index is 0.0618. The highest BCUT2D eigenvalue weighted by Crippen LogP contribution is 2.42. The van der Waals surface area contributed by atoms with Crippen molar-refractivity contribution in [3.8, 4) is 23.2 Å². The van der Waals surface area contributed by atoms with Gasteiger partial charge in [-0.2, -0.15) is 0 Å². The highest BCUT2D eigenvalue weighted by Gasteiger charge is 2.19. The molecule has 2 N–H and O–H groups in total. The van der Waals surface area contributed by atoms with Gasteiger partial charge in [0.25, 0.3) is 0 Å². The van der Waals surface area contributed by atoms with E-state index in [4.69, 9.17) is 30.6 Å². The number of phenols is 1. The first-order valence-electron chi connectivity index (χ1n) is 6.50.